The number of carbonyl (C=O) groups is 1. The van der Waals surface area contributed by atoms with Crippen LogP contribution < -0.4 is 4.74 Å². The predicted octanol–water partition coefficient (Wildman–Crippen LogP) is -0.117. The van der Waals surface area contributed by atoms with Crippen LogP contribution in [-0.4, -0.2) is 27.5 Å². The van der Waals surface area contributed by atoms with Gasteiger partial charge in [-0.25, -0.2) is 4.79 Å². The fourth-order valence-corrected chi connectivity index (χ4v) is 0.606. The molecule has 0 saturated heterocycles. The normalized spacial score (nSPS) is 9.55. The van der Waals surface area contributed by atoms with Crippen LogP contribution in [-0.2, 0) is 11.8 Å². The second kappa shape index (κ2) is 3.05. The molecule has 0 atom stereocenters. The van der Waals surface area contributed by atoms with E-state index in [4.69, 9.17) is 9.84 Å². The highest BCUT2D eigenvalue weighted by molar-refractivity contribution is 5.68. The summed E-state index contributed by atoms with van der Waals surface area (Å²) < 4.78 is 6.30. The molecule has 11 heavy (non-hydrogen) atoms. The van der Waals surface area contributed by atoms with E-state index in [2.05, 4.69) is 5.10 Å². The minimum atomic E-state index is -1.00. The Morgan fingerprint density at radius 2 is 2.64 bits per heavy atom. The van der Waals surface area contributed by atoms with Crippen LogP contribution in [0.2, 0.25) is 0 Å². The highest BCUT2D eigenvalue weighted by Gasteiger charge is 2.00. The molecule has 0 aromatic carbocycles. The average molecular weight is 156 g/mol. The van der Waals surface area contributed by atoms with Gasteiger partial charge in [0.2, 0.25) is 5.88 Å². The van der Waals surface area contributed by atoms with Crippen LogP contribution in [0.3, 0.4) is 0 Å². The van der Waals surface area contributed by atoms with Gasteiger partial charge in [-0.2, -0.15) is 0 Å². The zero-order valence-electron chi connectivity index (χ0n) is 6.02. The number of aliphatic carboxylic acids is 1. The van der Waals surface area contributed by atoms with Crippen LogP contribution >= 0.6 is 0 Å². The van der Waals surface area contributed by atoms with Crippen LogP contribution in [0.25, 0.3) is 0 Å². The maximum absolute atomic E-state index is 10.0. The highest BCUT2D eigenvalue weighted by atomic mass is 16.5. The van der Waals surface area contributed by atoms with Crippen molar-refractivity contribution in [2.45, 2.75) is 0 Å². The first kappa shape index (κ1) is 7.59. The van der Waals surface area contributed by atoms with Gasteiger partial charge in [-0.3, -0.25) is 4.68 Å². The average Bonchev–Trinajstić information content (AvgIpc) is 2.31. The van der Waals surface area contributed by atoms with E-state index in [0.29, 0.717) is 5.88 Å². The lowest BCUT2D eigenvalue weighted by Gasteiger charge is -1.95. The van der Waals surface area contributed by atoms with Gasteiger partial charge in [0.15, 0.2) is 6.61 Å². The lowest BCUT2D eigenvalue weighted by atomic mass is 10.7. The van der Waals surface area contributed by atoms with Gasteiger partial charge in [-0.15, -0.1) is 5.10 Å². The van der Waals surface area contributed by atoms with Crippen molar-refractivity contribution in [3.63, 3.8) is 0 Å². The number of hydrogen-bond donors (Lipinski definition) is 1. The Hall–Kier alpha value is -1.52. The third kappa shape index (κ3) is 2.29. The van der Waals surface area contributed by atoms with Crippen LogP contribution in [0.1, 0.15) is 0 Å². The quantitative estimate of drug-likeness (QED) is 0.662. The van der Waals surface area contributed by atoms with Crippen LogP contribution in [0.5, 0.6) is 5.88 Å². The molecule has 5 heteroatoms. The van der Waals surface area contributed by atoms with Gasteiger partial charge in [0.25, 0.3) is 0 Å². The number of nitrogens with zero attached hydrogens (tertiary/aromatic N) is 2. The van der Waals surface area contributed by atoms with E-state index in [9.17, 15) is 4.79 Å². The van der Waals surface area contributed by atoms with Crippen molar-refractivity contribution in [1.29, 1.82) is 0 Å². The molecule has 1 N–H and O–H groups in total. The second-order valence-corrected chi connectivity index (χ2v) is 2.01. The Labute approximate surface area is 63.2 Å². The van der Waals surface area contributed by atoms with Gasteiger partial charge in [-0.1, -0.05) is 0 Å². The molecule has 0 amide bonds. The van der Waals surface area contributed by atoms with Gasteiger partial charge >= 0.3 is 5.97 Å². The Bertz CT molecular complexity index is 256. The predicted molar refractivity (Wildman–Crippen MR) is 36.3 cm³/mol. The zero-order chi connectivity index (χ0) is 8.27. The van der Waals surface area contributed by atoms with E-state index in [-0.39, 0.29) is 6.61 Å². The number of aryl methyl sites for hydroxylation is 1. The summed E-state index contributed by atoms with van der Waals surface area (Å²) in [6.07, 6.45) is 1.68. The van der Waals surface area contributed by atoms with Crippen molar-refractivity contribution in [2.75, 3.05) is 6.61 Å². The summed E-state index contributed by atoms with van der Waals surface area (Å²) in [7, 11) is 1.73. The molecule has 1 rings (SSSR count). The fraction of sp³-hybridized carbons (Fsp3) is 0.333. The number of aromatic nitrogens is 2. The first-order valence-electron chi connectivity index (χ1n) is 3.03. The SMILES string of the molecule is Cn1ccc(OCC(=O)O)n1. The summed E-state index contributed by atoms with van der Waals surface area (Å²) in [6.45, 7) is -0.350. The first-order valence-corrected chi connectivity index (χ1v) is 3.03. The summed E-state index contributed by atoms with van der Waals surface area (Å²) in [5.41, 5.74) is 0. The molecular formula is C6H8N2O3. The topological polar surface area (TPSA) is 64.3 Å². The summed E-state index contributed by atoms with van der Waals surface area (Å²) >= 11 is 0. The molecule has 0 spiro atoms. The molecule has 0 aliphatic carbocycles. The summed E-state index contributed by atoms with van der Waals surface area (Å²) in [6, 6.07) is 1.60. The number of hydrogen-bond acceptors (Lipinski definition) is 3. The van der Waals surface area contributed by atoms with E-state index in [1.54, 1.807) is 19.3 Å². The van der Waals surface area contributed by atoms with Gasteiger partial charge in [-0.05, 0) is 0 Å². The summed E-state index contributed by atoms with van der Waals surface area (Å²) in [4.78, 5) is 10.0. The van der Waals surface area contributed by atoms with Crippen molar-refractivity contribution < 1.29 is 14.6 Å². The molecule has 0 aliphatic rings. The Kier molecular flexibility index (Phi) is 2.10. The van der Waals surface area contributed by atoms with Gasteiger partial charge in [0, 0.05) is 19.3 Å². The molecule has 0 radical (unpaired) electrons. The lowest BCUT2D eigenvalue weighted by molar-refractivity contribution is -0.139. The molecule has 0 unspecified atom stereocenters. The van der Waals surface area contributed by atoms with Crippen molar-refractivity contribution in [1.82, 2.24) is 9.78 Å². The fourth-order valence-electron chi connectivity index (χ4n) is 0.606. The Morgan fingerprint density at radius 1 is 1.91 bits per heavy atom. The minimum Gasteiger partial charge on any atom is -0.479 e. The Morgan fingerprint density at radius 3 is 3.09 bits per heavy atom. The molecule has 1 aromatic heterocycles. The van der Waals surface area contributed by atoms with E-state index >= 15 is 0 Å². The third-order valence-corrected chi connectivity index (χ3v) is 1.03. The molecule has 0 saturated carbocycles. The van der Waals surface area contributed by atoms with Gasteiger partial charge in [0.1, 0.15) is 0 Å². The highest BCUT2D eigenvalue weighted by Crippen LogP contribution is 2.02. The molecule has 5 nitrogen and oxygen atoms in total. The monoisotopic (exact) mass is 156 g/mol. The smallest absolute Gasteiger partial charge is 0.341 e. The van der Waals surface area contributed by atoms with E-state index in [0.717, 1.165) is 0 Å². The molecule has 0 aliphatic heterocycles. The third-order valence-electron chi connectivity index (χ3n) is 1.03. The van der Waals surface area contributed by atoms with Crippen molar-refractivity contribution >= 4 is 5.97 Å². The molecule has 1 aromatic rings. The van der Waals surface area contributed by atoms with Crippen LogP contribution in [0.15, 0.2) is 12.3 Å². The van der Waals surface area contributed by atoms with Crippen LogP contribution in [0.4, 0.5) is 0 Å². The minimum absolute atomic E-state index is 0.329. The number of ether oxygens (including phenoxy) is 1. The summed E-state index contributed by atoms with van der Waals surface area (Å²) in [5.74, 6) is -0.675. The van der Waals surface area contributed by atoms with E-state index in [1.807, 2.05) is 0 Å². The molecule has 1 heterocycles. The largest absolute Gasteiger partial charge is 0.479 e. The van der Waals surface area contributed by atoms with Crippen molar-refractivity contribution in [3.8, 4) is 5.88 Å². The second-order valence-electron chi connectivity index (χ2n) is 2.01. The maximum Gasteiger partial charge on any atom is 0.341 e. The number of carboxylic acid groups (broad SMARTS) is 1. The standard InChI is InChI=1S/C6H8N2O3/c1-8-3-2-5(7-8)11-4-6(9)10/h2-3H,4H2,1H3,(H,9,10). The lowest BCUT2D eigenvalue weighted by Crippen LogP contribution is -2.09. The number of carboxylic acids is 1. The molecule has 0 bridgehead atoms. The van der Waals surface area contributed by atoms with Crippen molar-refractivity contribution in [3.05, 3.63) is 12.3 Å². The maximum atomic E-state index is 10.0. The van der Waals surface area contributed by atoms with E-state index in [1.165, 1.54) is 4.68 Å². The molecular weight excluding hydrogens is 148 g/mol. The van der Waals surface area contributed by atoms with E-state index < -0.39 is 5.97 Å². The Balaban J connectivity index is 2.45. The first-order chi connectivity index (χ1) is 5.18. The van der Waals surface area contributed by atoms with Gasteiger partial charge in [0.05, 0.1) is 0 Å². The van der Waals surface area contributed by atoms with Crippen LogP contribution in [0, 0.1) is 0 Å². The van der Waals surface area contributed by atoms with Gasteiger partial charge < -0.3 is 9.84 Å². The van der Waals surface area contributed by atoms with Crippen molar-refractivity contribution in [2.24, 2.45) is 7.05 Å². The zero-order valence-corrected chi connectivity index (χ0v) is 6.02. The number of rotatable bonds is 3. The molecule has 60 valence electrons. The molecule has 0 fully saturated rings. The summed E-state index contributed by atoms with van der Waals surface area (Å²) in [5, 5.41) is 12.0.